The molecule has 0 aromatic heterocycles. The van der Waals surface area contributed by atoms with Crippen molar-refractivity contribution in [1.82, 2.24) is 0 Å². The molecule has 0 unspecified atom stereocenters. The Morgan fingerprint density at radius 3 is 1.00 bits per heavy atom. The van der Waals surface area contributed by atoms with E-state index in [9.17, 15) is 0 Å². The van der Waals surface area contributed by atoms with Gasteiger partial charge in [-0.2, -0.15) is 0 Å². The van der Waals surface area contributed by atoms with Gasteiger partial charge in [-0.05, 0) is 0 Å². The summed E-state index contributed by atoms with van der Waals surface area (Å²) >= 11 is 4.50. The van der Waals surface area contributed by atoms with Crippen LogP contribution in [0.4, 0.5) is 0 Å². The summed E-state index contributed by atoms with van der Waals surface area (Å²) in [6.45, 7) is 0. The van der Waals surface area contributed by atoms with Crippen LogP contribution in [-0.2, 0) is 0 Å². The molecule has 0 saturated carbocycles. The van der Waals surface area contributed by atoms with Gasteiger partial charge in [-0.3, -0.25) is 0 Å². The van der Waals surface area contributed by atoms with Crippen LogP contribution in [0.1, 0.15) is 0 Å². The monoisotopic (exact) mass is 310 g/mol. The zero-order valence-electron chi connectivity index (χ0n) is 0.894. The van der Waals surface area contributed by atoms with Crippen LogP contribution in [-0.4, -0.2) is 71.6 Å². The molecule has 0 nitrogen and oxygen atoms in total. The molecule has 0 atom stereocenters. The van der Waals surface area contributed by atoms with Crippen LogP contribution in [0.2, 0.25) is 0 Å². The first-order valence-electron chi connectivity index (χ1n) is 0.200. The van der Waals surface area contributed by atoms with Gasteiger partial charge >= 0.3 is 54.2 Å². The van der Waals surface area contributed by atoms with Crippen LogP contribution >= 0.6 is 0 Å². The van der Waals surface area contributed by atoms with Crippen molar-refractivity contribution in [3.8, 4) is 0 Å². The molecule has 0 aromatic carbocycles. The van der Waals surface area contributed by atoms with E-state index in [0.717, 1.165) is 0 Å². The molecule has 26 valence electrons. The fourth-order valence-corrected chi connectivity index (χ4v) is 0. The Hall–Kier alpha value is 2.44. The molecule has 4 heteroatoms. The molecule has 0 spiro atoms. The van der Waals surface area contributed by atoms with Gasteiger partial charge in [-0.25, -0.2) is 0 Å². The second-order valence-electron chi connectivity index (χ2n) is 0. The molecule has 0 aliphatic heterocycles. The van der Waals surface area contributed by atoms with Gasteiger partial charge in [0.15, 0.2) is 17.4 Å². The van der Waals surface area contributed by atoms with Crippen molar-refractivity contribution in [3.63, 3.8) is 0 Å². The maximum atomic E-state index is 2.25. The zero-order valence-corrected chi connectivity index (χ0v) is 4.65. The fraction of sp³-hybridized carbons (Fsp3) is 0. The predicted molar refractivity (Wildman–Crippen MR) is 34.2 cm³/mol. The molecular weight excluding hydrogens is 300 g/mol. The van der Waals surface area contributed by atoms with Crippen molar-refractivity contribution in [3.05, 3.63) is 0 Å². The van der Waals surface area contributed by atoms with E-state index >= 15 is 0 Å². The molecular formula is H8AlInSe2. The van der Waals surface area contributed by atoms with Crippen LogP contribution in [0.3, 0.4) is 0 Å². The summed E-state index contributed by atoms with van der Waals surface area (Å²) in [4.78, 5) is 0. The van der Waals surface area contributed by atoms with Crippen molar-refractivity contribution in [1.29, 1.82) is 0 Å². The fourth-order valence-electron chi connectivity index (χ4n) is 0. The third kappa shape index (κ3) is 8.82. The Morgan fingerprint density at radius 2 is 1.00 bits per heavy atom. The maximum absolute atomic E-state index is 2.25. The van der Waals surface area contributed by atoms with E-state index in [-0.39, 0.29) is 43.2 Å². The molecule has 0 rings (SSSR count). The SMILES string of the molecule is [AlH3].[InH3].[SeH][SeH]. The first kappa shape index (κ1) is 16.1. The van der Waals surface area contributed by atoms with Crippen LogP contribution in [0.25, 0.3) is 0 Å². The van der Waals surface area contributed by atoms with Gasteiger partial charge in [-0.1, -0.05) is 0 Å². The van der Waals surface area contributed by atoms with E-state index in [1.807, 2.05) is 0 Å². The summed E-state index contributed by atoms with van der Waals surface area (Å²) in [7, 11) is 0. The Labute approximate surface area is 70.6 Å². The van der Waals surface area contributed by atoms with E-state index in [0.29, 0.717) is 0 Å². The first-order chi connectivity index (χ1) is 1.00. The van der Waals surface area contributed by atoms with Crippen molar-refractivity contribution in [2.75, 3.05) is 0 Å². The van der Waals surface area contributed by atoms with E-state index in [1.54, 1.807) is 0 Å². The molecule has 0 bridgehead atoms. The minimum atomic E-state index is 0. The quantitative estimate of drug-likeness (QED) is 0.405. The van der Waals surface area contributed by atoms with Crippen LogP contribution in [0.5, 0.6) is 0 Å². The molecule has 0 heterocycles. The van der Waals surface area contributed by atoms with Crippen LogP contribution < -0.4 is 0 Å². The summed E-state index contributed by atoms with van der Waals surface area (Å²) in [5, 5.41) is 0. The molecule has 4 heavy (non-hydrogen) atoms. The number of rotatable bonds is 0. The van der Waals surface area contributed by atoms with Gasteiger partial charge in [0, 0.05) is 0 Å². The Balaban J connectivity index is -0.00000000500. The van der Waals surface area contributed by atoms with Crippen molar-refractivity contribution in [2.24, 2.45) is 0 Å². The Bertz CT molecular complexity index is 6.00. The molecule has 0 amide bonds. The summed E-state index contributed by atoms with van der Waals surface area (Å²) in [5.41, 5.74) is 0. The molecule has 0 aliphatic carbocycles. The summed E-state index contributed by atoms with van der Waals surface area (Å²) in [6.07, 6.45) is 0. The molecule has 0 radical (unpaired) electrons. The second kappa shape index (κ2) is 18.0. The third-order valence-electron chi connectivity index (χ3n) is 0. The van der Waals surface area contributed by atoms with Crippen molar-refractivity contribution in [2.45, 2.75) is 0 Å². The summed E-state index contributed by atoms with van der Waals surface area (Å²) < 4.78 is 0. The van der Waals surface area contributed by atoms with E-state index in [2.05, 4.69) is 28.4 Å². The van der Waals surface area contributed by atoms with Crippen LogP contribution in [0, 0.1) is 0 Å². The first-order valence-corrected chi connectivity index (χ1v) is 5.40. The Kier molecular flexibility index (Phi) is 72.5. The van der Waals surface area contributed by atoms with Gasteiger partial charge in [-0.15, -0.1) is 0 Å². The van der Waals surface area contributed by atoms with Crippen molar-refractivity contribution < 1.29 is 0 Å². The third-order valence-corrected chi connectivity index (χ3v) is 0. The van der Waals surface area contributed by atoms with Crippen LogP contribution in [0.15, 0.2) is 0 Å². The summed E-state index contributed by atoms with van der Waals surface area (Å²) in [6, 6.07) is 0. The molecule has 0 saturated heterocycles. The average molecular weight is 308 g/mol. The molecule has 0 N–H and O–H groups in total. The van der Waals surface area contributed by atoms with E-state index in [1.165, 1.54) is 0 Å². The van der Waals surface area contributed by atoms with Gasteiger partial charge in [0.25, 0.3) is 0 Å². The average Bonchev–Trinajstić information content (AvgIpc) is 1.00. The molecule has 0 aliphatic rings. The number of hydrogen-bond donors (Lipinski definition) is 0. The second-order valence-corrected chi connectivity index (χ2v) is 0. The van der Waals surface area contributed by atoms with E-state index in [4.69, 9.17) is 0 Å². The van der Waals surface area contributed by atoms with Gasteiger partial charge in [0.1, 0.15) is 0 Å². The standard InChI is InChI=1S/Al.In.H2Se2.6H/c;;1-2;;;;;;/h;;1-2H;;;;;;. The normalized spacial score (nSPS) is 1.50. The number of hydrogen-bond acceptors (Lipinski definition) is 0. The molecule has 0 fully saturated rings. The molecule has 0 aromatic rings. The predicted octanol–water partition coefficient (Wildman–Crippen LogP) is -3.66. The minimum absolute atomic E-state index is 0. The summed E-state index contributed by atoms with van der Waals surface area (Å²) in [5.74, 6) is 0. The topological polar surface area (TPSA) is 0 Å². The Morgan fingerprint density at radius 1 is 1.00 bits per heavy atom. The zero-order chi connectivity index (χ0) is 2.00. The van der Waals surface area contributed by atoms with E-state index < -0.39 is 0 Å². The van der Waals surface area contributed by atoms with Gasteiger partial charge in [0.2, 0.25) is 0 Å². The van der Waals surface area contributed by atoms with Gasteiger partial charge in [0.05, 0.1) is 0 Å². The van der Waals surface area contributed by atoms with Crippen molar-refractivity contribution >= 4 is 71.6 Å². The van der Waals surface area contributed by atoms with Gasteiger partial charge < -0.3 is 0 Å².